The van der Waals surface area contributed by atoms with Gasteiger partial charge < -0.3 is 9.15 Å². The molecule has 0 aliphatic heterocycles. The maximum atomic E-state index is 5.35. The molecule has 0 bridgehead atoms. The van der Waals surface area contributed by atoms with Crippen molar-refractivity contribution in [2.75, 3.05) is 7.11 Å². The van der Waals surface area contributed by atoms with Crippen LogP contribution in [-0.2, 0) is 12.8 Å². The van der Waals surface area contributed by atoms with E-state index >= 15 is 0 Å². The van der Waals surface area contributed by atoms with Crippen molar-refractivity contribution in [3.63, 3.8) is 0 Å². The monoisotopic (exact) mass is 202 g/mol. The molecule has 1 aromatic heterocycles. The fourth-order valence-corrected chi connectivity index (χ4v) is 1.60. The van der Waals surface area contributed by atoms with Crippen molar-refractivity contribution in [2.45, 2.75) is 12.8 Å². The van der Waals surface area contributed by atoms with Gasteiger partial charge in [-0.05, 0) is 12.0 Å². The van der Waals surface area contributed by atoms with Crippen molar-refractivity contribution in [3.05, 3.63) is 54.0 Å². The second kappa shape index (κ2) is 4.69. The zero-order chi connectivity index (χ0) is 10.5. The van der Waals surface area contributed by atoms with Crippen LogP contribution in [0.25, 0.3) is 0 Å². The topological polar surface area (TPSA) is 22.4 Å². The minimum absolute atomic E-state index is 0.839. The van der Waals surface area contributed by atoms with Crippen LogP contribution < -0.4 is 4.74 Å². The Morgan fingerprint density at radius 1 is 1.07 bits per heavy atom. The number of benzene rings is 1. The maximum Gasteiger partial charge on any atom is 0.160 e. The molecule has 0 saturated heterocycles. The summed E-state index contributed by atoms with van der Waals surface area (Å²) in [7, 11) is 1.66. The van der Waals surface area contributed by atoms with Gasteiger partial charge in [0.15, 0.2) is 5.75 Å². The third-order valence-electron chi connectivity index (χ3n) is 2.41. The Hall–Kier alpha value is -1.70. The number of hydrogen-bond acceptors (Lipinski definition) is 2. The number of methoxy groups -OCH3 is 1. The largest absolute Gasteiger partial charge is 0.493 e. The summed E-state index contributed by atoms with van der Waals surface area (Å²) in [5.41, 5.74) is 1.32. The van der Waals surface area contributed by atoms with Gasteiger partial charge in [0.2, 0.25) is 0 Å². The first-order valence-corrected chi connectivity index (χ1v) is 5.04. The standard InChI is InChI=1S/C13H14O2/c1-14-12-9-10-15-13(12)8-7-11-5-3-2-4-6-11/h2-6,9-10H,7-8H2,1H3. The van der Waals surface area contributed by atoms with Crippen LogP contribution in [-0.4, -0.2) is 7.11 Å². The second-order valence-electron chi connectivity index (χ2n) is 3.40. The fraction of sp³-hybridized carbons (Fsp3) is 0.231. The molecule has 0 radical (unpaired) electrons. The molecule has 15 heavy (non-hydrogen) atoms. The summed E-state index contributed by atoms with van der Waals surface area (Å²) in [6.07, 6.45) is 3.52. The molecule has 0 aliphatic rings. The van der Waals surface area contributed by atoms with E-state index in [1.165, 1.54) is 5.56 Å². The smallest absolute Gasteiger partial charge is 0.160 e. The average molecular weight is 202 g/mol. The average Bonchev–Trinajstić information content (AvgIpc) is 2.75. The van der Waals surface area contributed by atoms with E-state index in [9.17, 15) is 0 Å². The van der Waals surface area contributed by atoms with Gasteiger partial charge >= 0.3 is 0 Å². The highest BCUT2D eigenvalue weighted by molar-refractivity contribution is 5.26. The zero-order valence-electron chi connectivity index (χ0n) is 8.77. The Morgan fingerprint density at radius 3 is 2.60 bits per heavy atom. The van der Waals surface area contributed by atoms with Gasteiger partial charge in [0.05, 0.1) is 13.4 Å². The third-order valence-corrected chi connectivity index (χ3v) is 2.41. The SMILES string of the molecule is COc1ccoc1CCc1ccccc1. The second-order valence-corrected chi connectivity index (χ2v) is 3.40. The highest BCUT2D eigenvalue weighted by atomic mass is 16.5. The van der Waals surface area contributed by atoms with E-state index in [2.05, 4.69) is 24.3 Å². The minimum atomic E-state index is 0.839. The van der Waals surface area contributed by atoms with Crippen molar-refractivity contribution >= 4 is 0 Å². The highest BCUT2D eigenvalue weighted by Gasteiger charge is 2.05. The molecular weight excluding hydrogens is 188 g/mol. The van der Waals surface area contributed by atoms with Crippen LogP contribution in [0.3, 0.4) is 0 Å². The maximum absolute atomic E-state index is 5.35. The summed E-state index contributed by atoms with van der Waals surface area (Å²) in [5, 5.41) is 0. The van der Waals surface area contributed by atoms with Gasteiger partial charge in [0.25, 0.3) is 0 Å². The summed E-state index contributed by atoms with van der Waals surface area (Å²) in [6.45, 7) is 0. The number of hydrogen-bond donors (Lipinski definition) is 0. The van der Waals surface area contributed by atoms with E-state index in [0.717, 1.165) is 24.4 Å². The third kappa shape index (κ3) is 2.40. The van der Waals surface area contributed by atoms with Gasteiger partial charge in [-0.3, -0.25) is 0 Å². The number of furan rings is 1. The number of ether oxygens (including phenoxy) is 1. The van der Waals surface area contributed by atoms with Crippen LogP contribution in [0.1, 0.15) is 11.3 Å². The van der Waals surface area contributed by atoms with Gasteiger partial charge in [-0.2, -0.15) is 0 Å². The molecule has 78 valence electrons. The minimum Gasteiger partial charge on any atom is -0.493 e. The molecule has 0 spiro atoms. The van der Waals surface area contributed by atoms with Gasteiger partial charge in [-0.15, -0.1) is 0 Å². The molecule has 2 heteroatoms. The van der Waals surface area contributed by atoms with Gasteiger partial charge in [0.1, 0.15) is 5.76 Å². The van der Waals surface area contributed by atoms with Crippen LogP contribution in [0.15, 0.2) is 47.1 Å². The molecule has 0 fully saturated rings. The van der Waals surface area contributed by atoms with E-state index in [-0.39, 0.29) is 0 Å². The van der Waals surface area contributed by atoms with Crippen LogP contribution in [0.4, 0.5) is 0 Å². The van der Waals surface area contributed by atoms with Crippen LogP contribution in [0.2, 0.25) is 0 Å². The van der Waals surface area contributed by atoms with Gasteiger partial charge in [-0.25, -0.2) is 0 Å². The molecule has 0 aliphatic carbocycles. The van der Waals surface area contributed by atoms with Crippen LogP contribution in [0.5, 0.6) is 5.75 Å². The summed E-state index contributed by atoms with van der Waals surface area (Å²) < 4.78 is 10.5. The number of aryl methyl sites for hydroxylation is 2. The summed E-state index contributed by atoms with van der Waals surface area (Å²) >= 11 is 0. The molecule has 2 rings (SSSR count). The van der Waals surface area contributed by atoms with Crippen molar-refractivity contribution < 1.29 is 9.15 Å². The van der Waals surface area contributed by atoms with E-state index in [1.54, 1.807) is 13.4 Å². The Labute approximate surface area is 89.5 Å². The zero-order valence-corrected chi connectivity index (χ0v) is 8.77. The predicted octanol–water partition coefficient (Wildman–Crippen LogP) is 3.07. The highest BCUT2D eigenvalue weighted by Crippen LogP contribution is 2.20. The lowest BCUT2D eigenvalue weighted by Gasteiger charge is -2.01. The van der Waals surface area contributed by atoms with E-state index < -0.39 is 0 Å². The van der Waals surface area contributed by atoms with Crippen molar-refractivity contribution in [3.8, 4) is 5.75 Å². The van der Waals surface area contributed by atoms with E-state index in [1.807, 2.05) is 12.1 Å². The van der Waals surface area contributed by atoms with Gasteiger partial charge in [0, 0.05) is 12.5 Å². The molecule has 0 saturated carbocycles. The summed E-state index contributed by atoms with van der Waals surface area (Å²) in [5.74, 6) is 1.76. The molecule has 2 nitrogen and oxygen atoms in total. The Bertz CT molecular complexity index is 403. The van der Waals surface area contributed by atoms with Crippen LogP contribution >= 0.6 is 0 Å². The molecule has 0 atom stereocenters. The molecule has 0 unspecified atom stereocenters. The fourth-order valence-electron chi connectivity index (χ4n) is 1.60. The first-order valence-electron chi connectivity index (χ1n) is 5.04. The molecular formula is C13H14O2. The predicted molar refractivity (Wildman–Crippen MR) is 59.1 cm³/mol. The van der Waals surface area contributed by atoms with Gasteiger partial charge in [-0.1, -0.05) is 30.3 Å². The molecule has 2 aromatic rings. The Kier molecular flexibility index (Phi) is 3.08. The Balaban J connectivity index is 1.99. The lowest BCUT2D eigenvalue weighted by atomic mass is 10.1. The molecule has 0 amide bonds. The van der Waals surface area contributed by atoms with E-state index in [0.29, 0.717) is 0 Å². The van der Waals surface area contributed by atoms with E-state index in [4.69, 9.17) is 9.15 Å². The molecule has 1 heterocycles. The first-order chi connectivity index (χ1) is 7.40. The number of rotatable bonds is 4. The summed E-state index contributed by atoms with van der Waals surface area (Å²) in [6, 6.07) is 12.2. The Morgan fingerprint density at radius 2 is 1.87 bits per heavy atom. The van der Waals surface area contributed by atoms with Crippen LogP contribution in [0, 0.1) is 0 Å². The normalized spacial score (nSPS) is 10.2. The quantitative estimate of drug-likeness (QED) is 0.760. The molecule has 1 aromatic carbocycles. The van der Waals surface area contributed by atoms with Crippen molar-refractivity contribution in [1.29, 1.82) is 0 Å². The van der Waals surface area contributed by atoms with Crippen molar-refractivity contribution in [2.24, 2.45) is 0 Å². The first kappa shape index (κ1) is 9.84. The summed E-state index contributed by atoms with van der Waals surface area (Å²) in [4.78, 5) is 0. The molecule has 0 N–H and O–H groups in total. The van der Waals surface area contributed by atoms with Crippen molar-refractivity contribution in [1.82, 2.24) is 0 Å². The lowest BCUT2D eigenvalue weighted by Crippen LogP contribution is -1.92. The lowest BCUT2D eigenvalue weighted by molar-refractivity contribution is 0.390.